The van der Waals surface area contributed by atoms with Crippen LogP contribution in [0.15, 0.2) is 33.8 Å². The van der Waals surface area contributed by atoms with E-state index < -0.39 is 35.1 Å². The van der Waals surface area contributed by atoms with E-state index in [4.69, 9.17) is 9.15 Å². The summed E-state index contributed by atoms with van der Waals surface area (Å²) >= 11 is 0. The van der Waals surface area contributed by atoms with E-state index in [1.807, 2.05) is 0 Å². The van der Waals surface area contributed by atoms with E-state index >= 15 is 0 Å². The molecular weight excluding hydrogens is 484 g/mol. The average Bonchev–Trinajstić information content (AvgIpc) is 3.27. The summed E-state index contributed by atoms with van der Waals surface area (Å²) in [7, 11) is 0. The minimum Gasteiger partial charge on any atom is -0.446 e. The van der Waals surface area contributed by atoms with Crippen molar-refractivity contribution in [2.75, 3.05) is 5.32 Å². The molecule has 0 bridgehead atoms. The molecule has 13 heteroatoms. The predicted molar refractivity (Wildman–Crippen MR) is 130 cm³/mol. The lowest BCUT2D eigenvalue weighted by molar-refractivity contribution is -0.135. The van der Waals surface area contributed by atoms with Crippen molar-refractivity contribution in [2.45, 2.75) is 58.7 Å². The third kappa shape index (κ3) is 5.50. The number of carbonyl (C=O) groups is 4. The number of fused-ring (bicyclic) bond motifs is 1. The van der Waals surface area contributed by atoms with Gasteiger partial charge in [-0.05, 0) is 46.2 Å². The van der Waals surface area contributed by atoms with Gasteiger partial charge < -0.3 is 19.8 Å². The van der Waals surface area contributed by atoms with Gasteiger partial charge in [-0.2, -0.15) is 0 Å². The molecule has 3 heterocycles. The molecule has 37 heavy (non-hydrogen) atoms. The lowest BCUT2D eigenvalue weighted by Crippen LogP contribution is -2.45. The fourth-order valence-corrected chi connectivity index (χ4v) is 3.95. The van der Waals surface area contributed by atoms with Crippen LogP contribution in [-0.2, 0) is 20.9 Å². The molecule has 0 saturated carbocycles. The summed E-state index contributed by atoms with van der Waals surface area (Å²) in [6.07, 6.45) is 0.683. The molecule has 1 fully saturated rings. The summed E-state index contributed by atoms with van der Waals surface area (Å²) in [6, 6.07) is 3.81. The van der Waals surface area contributed by atoms with Crippen molar-refractivity contribution in [3.05, 3.63) is 52.2 Å². The van der Waals surface area contributed by atoms with Gasteiger partial charge in [-0.25, -0.2) is 14.8 Å². The van der Waals surface area contributed by atoms with Crippen molar-refractivity contribution < 1.29 is 28.3 Å². The maximum atomic E-state index is 13.3. The number of hydrogen-bond acceptors (Lipinski definition) is 9. The number of imide groups is 1. The Morgan fingerprint density at radius 1 is 1.24 bits per heavy atom. The first-order chi connectivity index (χ1) is 17.4. The van der Waals surface area contributed by atoms with Crippen LogP contribution in [0.4, 0.5) is 10.5 Å². The zero-order valence-corrected chi connectivity index (χ0v) is 20.7. The second-order valence-electron chi connectivity index (χ2n) is 9.44. The molecule has 0 radical (unpaired) electrons. The monoisotopic (exact) mass is 510 g/mol. The molecule has 0 spiro atoms. The van der Waals surface area contributed by atoms with E-state index in [2.05, 4.69) is 25.9 Å². The van der Waals surface area contributed by atoms with Crippen LogP contribution < -0.4 is 21.5 Å². The van der Waals surface area contributed by atoms with Crippen LogP contribution in [0.5, 0.6) is 0 Å². The van der Waals surface area contributed by atoms with Crippen LogP contribution in [-0.4, -0.2) is 44.0 Å². The van der Waals surface area contributed by atoms with E-state index in [9.17, 15) is 24.0 Å². The van der Waals surface area contributed by atoms with Crippen LogP contribution in [0, 0.1) is 6.92 Å². The van der Waals surface area contributed by atoms with E-state index in [0.717, 1.165) is 6.39 Å². The number of hydrogen-bond donors (Lipinski definition) is 3. The number of amides is 4. The molecule has 13 nitrogen and oxygen atoms in total. The van der Waals surface area contributed by atoms with Gasteiger partial charge >= 0.3 is 6.09 Å². The lowest BCUT2D eigenvalue weighted by Gasteiger charge is -2.24. The minimum atomic E-state index is -0.865. The fraction of sp³-hybridized carbons (Fsp3) is 0.375. The van der Waals surface area contributed by atoms with E-state index in [0.29, 0.717) is 0 Å². The molecule has 1 saturated heterocycles. The first-order valence-electron chi connectivity index (χ1n) is 11.5. The van der Waals surface area contributed by atoms with Crippen molar-refractivity contribution in [1.82, 2.24) is 25.2 Å². The molecule has 4 rings (SSSR count). The number of alkyl carbamates (subject to hydrolysis) is 1. The van der Waals surface area contributed by atoms with Crippen LogP contribution in [0.1, 0.15) is 61.7 Å². The first-order valence-corrected chi connectivity index (χ1v) is 11.5. The zero-order valence-electron chi connectivity index (χ0n) is 20.7. The van der Waals surface area contributed by atoms with E-state index in [1.54, 1.807) is 39.8 Å². The predicted octanol–water partition coefficient (Wildman–Crippen LogP) is 1.95. The van der Waals surface area contributed by atoms with Crippen molar-refractivity contribution in [3.63, 3.8) is 0 Å². The van der Waals surface area contributed by atoms with Gasteiger partial charge in [0.25, 0.3) is 11.5 Å². The normalized spacial score (nSPS) is 15.8. The van der Waals surface area contributed by atoms with Crippen molar-refractivity contribution in [2.24, 2.45) is 0 Å². The molecular formula is C24H26N6O7. The largest absolute Gasteiger partial charge is 0.446 e. The second kappa shape index (κ2) is 9.84. The number of aryl methyl sites for hydroxylation is 1. The van der Waals surface area contributed by atoms with Crippen LogP contribution in [0.2, 0.25) is 0 Å². The highest BCUT2D eigenvalue weighted by Crippen LogP contribution is 2.24. The Labute approximate surface area is 210 Å². The molecule has 4 amide bonds. The third-order valence-corrected chi connectivity index (χ3v) is 5.53. The summed E-state index contributed by atoms with van der Waals surface area (Å²) in [5.74, 6) is -1.24. The van der Waals surface area contributed by atoms with E-state index in [1.165, 1.54) is 10.6 Å². The molecule has 1 atom stereocenters. The number of aromatic nitrogens is 3. The fourth-order valence-electron chi connectivity index (χ4n) is 3.95. The highest BCUT2D eigenvalue weighted by molar-refractivity contribution is 6.07. The highest BCUT2D eigenvalue weighted by atomic mass is 16.6. The van der Waals surface area contributed by atoms with Gasteiger partial charge in [0.15, 0.2) is 17.8 Å². The Hall–Kier alpha value is -4.55. The lowest BCUT2D eigenvalue weighted by atomic mass is 10.1. The number of carbonyl (C=O) groups excluding carboxylic acids is 4. The van der Waals surface area contributed by atoms with Crippen LogP contribution in [0.3, 0.4) is 0 Å². The molecule has 194 valence electrons. The van der Waals surface area contributed by atoms with Crippen molar-refractivity contribution in [3.8, 4) is 0 Å². The smallest absolute Gasteiger partial charge is 0.408 e. The van der Waals surface area contributed by atoms with Gasteiger partial charge in [-0.1, -0.05) is 6.07 Å². The molecule has 0 aliphatic carbocycles. The molecule has 1 aliphatic rings. The minimum absolute atomic E-state index is 0.0679. The SMILES string of the molecule is Cc1nc2c(NC(=O)c3ncoc3CNC(=O)OC(C)(C)C)cccc2c(=O)n1C1CCC(=O)NC1=O. The third-order valence-electron chi connectivity index (χ3n) is 5.53. The van der Waals surface area contributed by atoms with Gasteiger partial charge in [0, 0.05) is 6.42 Å². The summed E-state index contributed by atoms with van der Waals surface area (Å²) in [5, 5.41) is 7.61. The molecule has 1 aliphatic heterocycles. The number of para-hydroxylation sites is 1. The maximum absolute atomic E-state index is 13.3. The molecule has 1 unspecified atom stereocenters. The van der Waals surface area contributed by atoms with Crippen molar-refractivity contribution in [1.29, 1.82) is 0 Å². The summed E-state index contributed by atoms with van der Waals surface area (Å²) in [4.78, 5) is 70.5. The number of benzene rings is 1. The van der Waals surface area contributed by atoms with Crippen molar-refractivity contribution >= 4 is 40.4 Å². The second-order valence-corrected chi connectivity index (χ2v) is 9.44. The molecule has 1 aromatic carbocycles. The highest BCUT2D eigenvalue weighted by Gasteiger charge is 2.31. The first kappa shape index (κ1) is 25.5. The van der Waals surface area contributed by atoms with Crippen LogP contribution in [0.25, 0.3) is 10.9 Å². The Morgan fingerprint density at radius 2 is 2.00 bits per heavy atom. The molecule has 3 N–H and O–H groups in total. The van der Waals surface area contributed by atoms with Gasteiger partial charge in [0.05, 0.1) is 17.6 Å². The Kier molecular flexibility index (Phi) is 6.79. The number of piperidine rings is 1. The quantitative estimate of drug-likeness (QED) is 0.433. The number of nitrogens with one attached hydrogen (secondary N) is 3. The number of oxazole rings is 1. The maximum Gasteiger partial charge on any atom is 0.408 e. The number of nitrogens with zero attached hydrogens (tertiary/aromatic N) is 3. The summed E-state index contributed by atoms with van der Waals surface area (Å²) in [5.41, 5.74) is -0.772. The van der Waals surface area contributed by atoms with E-state index in [-0.39, 0.29) is 59.2 Å². The standard InChI is InChI=1S/C24H26N6O7/c1-12-27-18-13(22(34)30(12)15-8-9-17(31)29-20(15)32)6-5-7-14(18)28-21(33)19-16(36-11-26-19)10-25-23(35)37-24(2,3)4/h5-7,11,15H,8-10H2,1-4H3,(H,25,35)(H,28,33)(H,29,31,32). The van der Waals surface area contributed by atoms with Gasteiger partial charge in [0.2, 0.25) is 11.8 Å². The Balaban J connectivity index is 1.58. The molecule has 3 aromatic rings. The Morgan fingerprint density at radius 3 is 2.70 bits per heavy atom. The number of rotatable bonds is 5. The Bertz CT molecular complexity index is 1470. The van der Waals surface area contributed by atoms with Gasteiger partial charge in [-0.15, -0.1) is 0 Å². The average molecular weight is 511 g/mol. The summed E-state index contributed by atoms with van der Waals surface area (Å²) in [6.45, 7) is 6.60. The zero-order chi connectivity index (χ0) is 26.9. The van der Waals surface area contributed by atoms with Gasteiger partial charge in [-0.3, -0.25) is 29.1 Å². The van der Waals surface area contributed by atoms with Gasteiger partial charge in [0.1, 0.15) is 23.0 Å². The summed E-state index contributed by atoms with van der Waals surface area (Å²) < 4.78 is 11.7. The topological polar surface area (TPSA) is 175 Å². The molecule has 2 aromatic heterocycles. The number of ether oxygens (including phenoxy) is 1. The van der Waals surface area contributed by atoms with Crippen LogP contribution >= 0.6 is 0 Å². The number of anilines is 1.